The van der Waals surface area contributed by atoms with E-state index in [1.165, 1.54) is 25.7 Å². The van der Waals surface area contributed by atoms with Gasteiger partial charge in [-0.2, -0.15) is 0 Å². The lowest BCUT2D eigenvalue weighted by Gasteiger charge is -2.33. The third-order valence-electron chi connectivity index (χ3n) is 4.15. The lowest BCUT2D eigenvalue weighted by atomic mass is 9.79. The molecule has 2 rings (SSSR count). The second kappa shape index (κ2) is 6.32. The normalized spacial score (nSPS) is 23.7. The summed E-state index contributed by atoms with van der Waals surface area (Å²) in [6, 6.07) is 2.36. The molecule has 0 spiro atoms. The highest BCUT2D eigenvalue weighted by atomic mass is 35.5. The average molecular weight is 301 g/mol. The second-order valence-electron chi connectivity index (χ2n) is 5.94. The fourth-order valence-corrected chi connectivity index (χ4v) is 3.52. The van der Waals surface area contributed by atoms with Crippen molar-refractivity contribution < 1.29 is 0 Å². The molecule has 0 radical (unpaired) electrons. The number of halogens is 2. The molecule has 1 N–H and O–H groups in total. The Kier molecular flexibility index (Phi) is 4.97. The molecule has 1 heterocycles. The number of anilines is 1. The minimum Gasteiger partial charge on any atom is -0.380 e. The number of aryl methyl sites for hydroxylation is 1. The van der Waals surface area contributed by atoms with Crippen molar-refractivity contribution in [2.75, 3.05) is 5.32 Å². The highest BCUT2D eigenvalue weighted by Gasteiger charge is 2.25. The highest BCUT2D eigenvalue weighted by molar-refractivity contribution is 6.34. The summed E-state index contributed by atoms with van der Waals surface area (Å²) in [5.41, 5.74) is 2.01. The standard InChI is InChI=1S/C15H22Cl2N2/c1-9(2)11-5-4-6-12(8-11)18-14-10(3)7-13(16)19-15(14)17/h7,9,11-12,18H,4-6,8H2,1-3H3. The van der Waals surface area contributed by atoms with Gasteiger partial charge in [0.1, 0.15) is 5.15 Å². The second-order valence-corrected chi connectivity index (χ2v) is 6.68. The molecule has 0 amide bonds. The van der Waals surface area contributed by atoms with Gasteiger partial charge in [-0.1, -0.05) is 49.9 Å². The van der Waals surface area contributed by atoms with Crippen LogP contribution in [0.25, 0.3) is 0 Å². The van der Waals surface area contributed by atoms with E-state index in [0.29, 0.717) is 16.3 Å². The van der Waals surface area contributed by atoms with Crippen molar-refractivity contribution in [3.05, 3.63) is 21.9 Å². The van der Waals surface area contributed by atoms with E-state index < -0.39 is 0 Å². The molecule has 4 heteroatoms. The fraction of sp³-hybridized carbons (Fsp3) is 0.667. The summed E-state index contributed by atoms with van der Waals surface area (Å²) in [6.07, 6.45) is 5.07. The molecule has 1 aliphatic carbocycles. The third kappa shape index (κ3) is 3.76. The monoisotopic (exact) mass is 300 g/mol. The number of hydrogen-bond acceptors (Lipinski definition) is 2. The summed E-state index contributed by atoms with van der Waals surface area (Å²) in [7, 11) is 0. The molecule has 1 fully saturated rings. The maximum absolute atomic E-state index is 6.19. The SMILES string of the molecule is Cc1cc(Cl)nc(Cl)c1NC1CCCC(C(C)C)C1. The summed E-state index contributed by atoms with van der Waals surface area (Å²) < 4.78 is 0. The van der Waals surface area contributed by atoms with Crippen LogP contribution in [0, 0.1) is 18.8 Å². The Balaban J connectivity index is 2.09. The Hall–Kier alpha value is -0.470. The van der Waals surface area contributed by atoms with Gasteiger partial charge in [-0.3, -0.25) is 0 Å². The Morgan fingerprint density at radius 2 is 2.05 bits per heavy atom. The fourth-order valence-electron chi connectivity index (χ4n) is 2.94. The molecule has 1 saturated carbocycles. The summed E-state index contributed by atoms with van der Waals surface area (Å²) >= 11 is 12.1. The van der Waals surface area contributed by atoms with Crippen LogP contribution in [0.4, 0.5) is 5.69 Å². The van der Waals surface area contributed by atoms with Crippen molar-refractivity contribution in [3.63, 3.8) is 0 Å². The molecule has 2 atom stereocenters. The predicted octanol–water partition coefficient (Wildman–Crippen LogP) is 5.32. The first kappa shape index (κ1) is 14.9. The van der Waals surface area contributed by atoms with Gasteiger partial charge >= 0.3 is 0 Å². The molecule has 0 aromatic carbocycles. The van der Waals surface area contributed by atoms with Gasteiger partial charge in [0.25, 0.3) is 0 Å². The smallest absolute Gasteiger partial charge is 0.154 e. The number of nitrogens with zero attached hydrogens (tertiary/aromatic N) is 1. The molecule has 106 valence electrons. The Bertz CT molecular complexity index is 423. The summed E-state index contributed by atoms with van der Waals surface area (Å²) in [5.74, 6) is 1.56. The van der Waals surface area contributed by atoms with Gasteiger partial charge in [0.2, 0.25) is 0 Å². The topological polar surface area (TPSA) is 24.9 Å². The predicted molar refractivity (Wildman–Crippen MR) is 83.2 cm³/mol. The van der Waals surface area contributed by atoms with Crippen molar-refractivity contribution in [2.45, 2.75) is 52.5 Å². The zero-order valence-electron chi connectivity index (χ0n) is 11.8. The summed E-state index contributed by atoms with van der Waals surface area (Å²) in [4.78, 5) is 4.12. The zero-order chi connectivity index (χ0) is 14.0. The maximum Gasteiger partial charge on any atom is 0.154 e. The van der Waals surface area contributed by atoms with Gasteiger partial charge in [0.15, 0.2) is 5.15 Å². The van der Waals surface area contributed by atoms with E-state index >= 15 is 0 Å². The van der Waals surface area contributed by atoms with E-state index in [1.807, 2.05) is 13.0 Å². The van der Waals surface area contributed by atoms with Crippen LogP contribution in [0.15, 0.2) is 6.07 Å². The van der Waals surface area contributed by atoms with Gasteiger partial charge in [-0.15, -0.1) is 0 Å². The molecule has 1 aromatic heterocycles. The molecule has 2 nitrogen and oxygen atoms in total. The van der Waals surface area contributed by atoms with Crippen LogP contribution in [-0.4, -0.2) is 11.0 Å². The van der Waals surface area contributed by atoms with Crippen molar-refractivity contribution in [1.29, 1.82) is 0 Å². The minimum atomic E-state index is 0.455. The number of hydrogen-bond donors (Lipinski definition) is 1. The first-order valence-electron chi connectivity index (χ1n) is 7.06. The molecule has 1 aliphatic rings. The van der Waals surface area contributed by atoms with Gasteiger partial charge in [-0.05, 0) is 43.2 Å². The van der Waals surface area contributed by atoms with E-state index in [1.54, 1.807) is 0 Å². The van der Waals surface area contributed by atoms with Crippen LogP contribution < -0.4 is 5.32 Å². The first-order chi connectivity index (χ1) is 8.97. The quantitative estimate of drug-likeness (QED) is 0.764. The molecule has 0 saturated heterocycles. The zero-order valence-corrected chi connectivity index (χ0v) is 13.4. The number of aromatic nitrogens is 1. The molecule has 1 aromatic rings. The van der Waals surface area contributed by atoms with E-state index in [-0.39, 0.29) is 0 Å². The molecule has 0 bridgehead atoms. The van der Waals surface area contributed by atoms with Gasteiger partial charge in [0, 0.05) is 6.04 Å². The van der Waals surface area contributed by atoms with Crippen molar-refractivity contribution in [2.24, 2.45) is 11.8 Å². The lowest BCUT2D eigenvalue weighted by molar-refractivity contribution is 0.264. The van der Waals surface area contributed by atoms with Crippen molar-refractivity contribution >= 4 is 28.9 Å². The third-order valence-corrected chi connectivity index (χ3v) is 4.61. The summed E-state index contributed by atoms with van der Waals surface area (Å²) in [6.45, 7) is 6.65. The Morgan fingerprint density at radius 3 is 2.68 bits per heavy atom. The maximum atomic E-state index is 6.19. The van der Waals surface area contributed by atoms with Crippen molar-refractivity contribution in [3.8, 4) is 0 Å². The molecular formula is C15H22Cl2N2. The van der Waals surface area contributed by atoms with Crippen LogP contribution in [0.3, 0.4) is 0 Å². The van der Waals surface area contributed by atoms with E-state index in [9.17, 15) is 0 Å². The average Bonchev–Trinajstić information content (AvgIpc) is 2.34. The van der Waals surface area contributed by atoms with Gasteiger partial charge in [-0.25, -0.2) is 4.98 Å². The molecule has 19 heavy (non-hydrogen) atoms. The minimum absolute atomic E-state index is 0.455. The number of rotatable bonds is 3. The van der Waals surface area contributed by atoms with E-state index in [0.717, 1.165) is 23.1 Å². The Labute approximate surface area is 125 Å². The van der Waals surface area contributed by atoms with Crippen LogP contribution in [0.1, 0.15) is 45.1 Å². The van der Waals surface area contributed by atoms with E-state index in [4.69, 9.17) is 23.2 Å². The van der Waals surface area contributed by atoms with Crippen LogP contribution in [0.2, 0.25) is 10.3 Å². The van der Waals surface area contributed by atoms with Crippen LogP contribution >= 0.6 is 23.2 Å². The molecular weight excluding hydrogens is 279 g/mol. The van der Waals surface area contributed by atoms with Crippen LogP contribution in [0.5, 0.6) is 0 Å². The number of pyridine rings is 1. The molecule has 2 unspecified atom stereocenters. The van der Waals surface area contributed by atoms with Crippen LogP contribution in [-0.2, 0) is 0 Å². The Morgan fingerprint density at radius 1 is 1.32 bits per heavy atom. The lowest BCUT2D eigenvalue weighted by Crippen LogP contribution is -2.29. The largest absolute Gasteiger partial charge is 0.380 e. The highest BCUT2D eigenvalue weighted by Crippen LogP contribution is 2.34. The van der Waals surface area contributed by atoms with E-state index in [2.05, 4.69) is 24.1 Å². The number of nitrogens with one attached hydrogen (secondary N) is 1. The van der Waals surface area contributed by atoms with Crippen molar-refractivity contribution in [1.82, 2.24) is 4.98 Å². The first-order valence-corrected chi connectivity index (χ1v) is 7.82. The van der Waals surface area contributed by atoms with Gasteiger partial charge in [0.05, 0.1) is 5.69 Å². The van der Waals surface area contributed by atoms with Gasteiger partial charge < -0.3 is 5.32 Å². The molecule has 0 aliphatic heterocycles. The summed E-state index contributed by atoms with van der Waals surface area (Å²) in [5, 5.41) is 4.51.